The highest BCUT2D eigenvalue weighted by molar-refractivity contribution is 7.89. The van der Waals surface area contributed by atoms with Crippen LogP contribution in [0.15, 0.2) is 29.2 Å². The van der Waals surface area contributed by atoms with E-state index in [1.165, 1.54) is 0 Å². The first kappa shape index (κ1) is 12.0. The minimum atomic E-state index is -3.36. The van der Waals surface area contributed by atoms with E-state index < -0.39 is 10.0 Å². The van der Waals surface area contributed by atoms with Crippen molar-refractivity contribution in [3.63, 3.8) is 0 Å². The molecule has 6 heteroatoms. The van der Waals surface area contributed by atoms with Crippen LogP contribution in [0.3, 0.4) is 0 Å². The van der Waals surface area contributed by atoms with Crippen LogP contribution in [0.4, 0.5) is 5.69 Å². The van der Waals surface area contributed by atoms with Crippen LogP contribution in [0.5, 0.6) is 0 Å². The number of anilines is 1. The van der Waals surface area contributed by atoms with Crippen molar-refractivity contribution in [2.24, 2.45) is 0 Å². The minimum absolute atomic E-state index is 0.125. The third-order valence-electron chi connectivity index (χ3n) is 3.27. The number of nitrogens with zero attached hydrogens (tertiary/aromatic N) is 1. The zero-order valence-electron chi connectivity index (χ0n) is 9.91. The molecule has 1 aliphatic carbocycles. The molecule has 0 atom stereocenters. The maximum atomic E-state index is 11.9. The highest BCUT2D eigenvalue weighted by Gasteiger charge is 2.28. The zero-order chi connectivity index (χ0) is 12.8. The third-order valence-corrected chi connectivity index (χ3v) is 4.81. The predicted octanol–water partition coefficient (Wildman–Crippen LogP) is 0.308. The van der Waals surface area contributed by atoms with E-state index in [0.717, 1.165) is 18.5 Å². The average Bonchev–Trinajstić information content (AvgIpc) is 3.08. The lowest BCUT2D eigenvalue weighted by Crippen LogP contribution is -2.50. The van der Waals surface area contributed by atoms with E-state index in [1.807, 2.05) is 4.90 Å². The van der Waals surface area contributed by atoms with Gasteiger partial charge >= 0.3 is 0 Å². The van der Waals surface area contributed by atoms with Crippen LogP contribution >= 0.6 is 0 Å². The van der Waals surface area contributed by atoms with Crippen LogP contribution in [-0.2, 0) is 10.0 Å². The summed E-state index contributed by atoms with van der Waals surface area (Å²) in [5.74, 6) is 0. The van der Waals surface area contributed by atoms with Crippen LogP contribution in [-0.4, -0.2) is 38.8 Å². The van der Waals surface area contributed by atoms with Gasteiger partial charge in [-0.25, -0.2) is 13.1 Å². The van der Waals surface area contributed by atoms with Crippen molar-refractivity contribution in [2.45, 2.75) is 29.9 Å². The van der Waals surface area contributed by atoms with E-state index in [1.54, 1.807) is 24.3 Å². The van der Waals surface area contributed by atoms with Crippen molar-refractivity contribution in [2.75, 3.05) is 18.0 Å². The van der Waals surface area contributed by atoms with Crippen molar-refractivity contribution < 1.29 is 13.5 Å². The normalized spacial score (nSPS) is 20.8. The molecule has 0 spiro atoms. The fourth-order valence-electron chi connectivity index (χ4n) is 1.99. The highest BCUT2D eigenvalue weighted by Crippen LogP contribution is 2.25. The van der Waals surface area contributed by atoms with E-state index in [4.69, 9.17) is 0 Å². The van der Waals surface area contributed by atoms with Gasteiger partial charge in [0, 0.05) is 24.8 Å². The lowest BCUT2D eigenvalue weighted by atomic mass is 10.1. The van der Waals surface area contributed by atoms with Gasteiger partial charge in [-0.3, -0.25) is 0 Å². The van der Waals surface area contributed by atoms with Gasteiger partial charge in [0.15, 0.2) is 0 Å². The van der Waals surface area contributed by atoms with Crippen molar-refractivity contribution >= 4 is 15.7 Å². The van der Waals surface area contributed by atoms with Gasteiger partial charge in [-0.2, -0.15) is 0 Å². The molecule has 3 rings (SSSR count). The number of rotatable bonds is 4. The first-order valence-electron chi connectivity index (χ1n) is 6.10. The molecule has 1 saturated heterocycles. The minimum Gasteiger partial charge on any atom is -0.389 e. The molecule has 5 nitrogen and oxygen atoms in total. The van der Waals surface area contributed by atoms with Gasteiger partial charge in [-0.1, -0.05) is 0 Å². The maximum Gasteiger partial charge on any atom is 0.240 e. The summed E-state index contributed by atoms with van der Waals surface area (Å²) < 4.78 is 26.5. The number of nitrogens with one attached hydrogen (secondary N) is 1. The summed E-state index contributed by atoms with van der Waals surface area (Å²) in [7, 11) is -3.36. The molecule has 2 fully saturated rings. The molecule has 98 valence electrons. The molecule has 18 heavy (non-hydrogen) atoms. The summed E-state index contributed by atoms with van der Waals surface area (Å²) in [4.78, 5) is 2.31. The van der Waals surface area contributed by atoms with Gasteiger partial charge in [-0.15, -0.1) is 0 Å². The Labute approximate surface area is 106 Å². The lowest BCUT2D eigenvalue weighted by Gasteiger charge is -2.37. The standard InChI is InChI=1S/C12H16N2O3S/c15-11-7-14(8-11)10-3-5-12(6-4-10)18(16,17)13-9-1-2-9/h3-6,9,11,13,15H,1-2,7-8H2. The fourth-order valence-corrected chi connectivity index (χ4v) is 3.30. The van der Waals surface area contributed by atoms with E-state index in [0.29, 0.717) is 18.0 Å². The summed E-state index contributed by atoms with van der Waals surface area (Å²) in [5.41, 5.74) is 0.950. The first-order chi connectivity index (χ1) is 8.54. The SMILES string of the molecule is O=S(=O)(NC1CC1)c1ccc(N2CC(O)C2)cc1. The molecule has 0 radical (unpaired) electrons. The molecule has 2 aliphatic rings. The Kier molecular flexibility index (Phi) is 2.80. The number of hydrogen-bond acceptors (Lipinski definition) is 4. The molecule has 1 saturated carbocycles. The third kappa shape index (κ3) is 2.36. The van der Waals surface area contributed by atoms with Crippen molar-refractivity contribution in [1.82, 2.24) is 4.72 Å². The first-order valence-corrected chi connectivity index (χ1v) is 7.58. The summed E-state index contributed by atoms with van der Waals surface area (Å²) >= 11 is 0. The van der Waals surface area contributed by atoms with E-state index >= 15 is 0 Å². The number of sulfonamides is 1. The van der Waals surface area contributed by atoms with Crippen molar-refractivity contribution in [3.8, 4) is 0 Å². The zero-order valence-corrected chi connectivity index (χ0v) is 10.7. The van der Waals surface area contributed by atoms with Crippen molar-refractivity contribution in [3.05, 3.63) is 24.3 Å². The summed E-state index contributed by atoms with van der Waals surface area (Å²) in [6.45, 7) is 1.23. The molecule has 0 unspecified atom stereocenters. The number of benzene rings is 1. The predicted molar refractivity (Wildman–Crippen MR) is 68.0 cm³/mol. The topological polar surface area (TPSA) is 69.6 Å². The number of aliphatic hydroxyl groups excluding tert-OH is 1. The van der Waals surface area contributed by atoms with Crippen LogP contribution in [0.2, 0.25) is 0 Å². The van der Waals surface area contributed by atoms with Crippen LogP contribution in [0, 0.1) is 0 Å². The second kappa shape index (κ2) is 4.22. The fraction of sp³-hybridized carbons (Fsp3) is 0.500. The lowest BCUT2D eigenvalue weighted by molar-refractivity contribution is 0.142. The molecular formula is C12H16N2O3S. The summed E-state index contributed by atoms with van der Waals surface area (Å²) in [6, 6.07) is 6.93. The second-order valence-corrected chi connectivity index (χ2v) is 6.66. The van der Waals surface area contributed by atoms with Gasteiger partial charge in [-0.05, 0) is 37.1 Å². The summed E-state index contributed by atoms with van der Waals surface area (Å²) in [5, 5.41) is 9.22. The van der Waals surface area contributed by atoms with Crippen molar-refractivity contribution in [1.29, 1.82) is 0 Å². The largest absolute Gasteiger partial charge is 0.389 e. The monoisotopic (exact) mass is 268 g/mol. The molecule has 1 aromatic rings. The maximum absolute atomic E-state index is 11.9. The van der Waals surface area contributed by atoms with E-state index in [2.05, 4.69) is 4.72 Å². The Morgan fingerprint density at radius 1 is 1.17 bits per heavy atom. The second-order valence-electron chi connectivity index (χ2n) is 4.95. The van der Waals surface area contributed by atoms with Gasteiger partial charge in [0.25, 0.3) is 0 Å². The van der Waals surface area contributed by atoms with E-state index in [-0.39, 0.29) is 12.1 Å². The highest BCUT2D eigenvalue weighted by atomic mass is 32.2. The Balaban J connectivity index is 1.73. The van der Waals surface area contributed by atoms with Crippen LogP contribution in [0.25, 0.3) is 0 Å². The van der Waals surface area contributed by atoms with Gasteiger partial charge < -0.3 is 10.0 Å². The number of hydrogen-bond donors (Lipinski definition) is 2. The molecule has 0 amide bonds. The van der Waals surface area contributed by atoms with Crippen LogP contribution in [0.1, 0.15) is 12.8 Å². The number of aliphatic hydroxyl groups is 1. The number of β-amino-alcohol motifs (C(OH)–C–C–N with tert-alkyl or cyclic N) is 1. The Morgan fingerprint density at radius 2 is 1.78 bits per heavy atom. The van der Waals surface area contributed by atoms with Gasteiger partial charge in [0.05, 0.1) is 11.0 Å². The van der Waals surface area contributed by atoms with E-state index in [9.17, 15) is 13.5 Å². The molecule has 1 heterocycles. The quantitative estimate of drug-likeness (QED) is 0.824. The molecule has 2 N–H and O–H groups in total. The van der Waals surface area contributed by atoms with Gasteiger partial charge in [0.2, 0.25) is 10.0 Å². The Bertz CT molecular complexity index is 531. The smallest absolute Gasteiger partial charge is 0.240 e. The van der Waals surface area contributed by atoms with Gasteiger partial charge in [0.1, 0.15) is 0 Å². The summed E-state index contributed by atoms with van der Waals surface area (Å²) in [6.07, 6.45) is 1.61. The molecule has 0 bridgehead atoms. The Morgan fingerprint density at radius 3 is 2.28 bits per heavy atom. The molecular weight excluding hydrogens is 252 g/mol. The van der Waals surface area contributed by atoms with Crippen LogP contribution < -0.4 is 9.62 Å². The average molecular weight is 268 g/mol. The molecule has 1 aromatic carbocycles. The Hall–Kier alpha value is -1.11. The molecule has 0 aromatic heterocycles. The molecule has 1 aliphatic heterocycles.